The SMILES string of the molecule is O=C(CN1C(=O)S/C(=C\c2cc(Br)c(O)c(Br)c2O)C1=O)N1CCCCC1. The van der Waals surface area contributed by atoms with E-state index >= 15 is 0 Å². The van der Waals surface area contributed by atoms with E-state index in [2.05, 4.69) is 31.9 Å². The van der Waals surface area contributed by atoms with Gasteiger partial charge in [0.25, 0.3) is 11.1 Å². The maximum absolute atomic E-state index is 12.6. The molecule has 0 radical (unpaired) electrons. The number of carbonyl (C=O) groups excluding carboxylic acids is 3. The quantitative estimate of drug-likeness (QED) is 0.591. The molecular weight excluding hydrogens is 504 g/mol. The monoisotopic (exact) mass is 518 g/mol. The number of likely N-dealkylation sites (tertiary alicyclic amines) is 1. The topological polar surface area (TPSA) is 98.1 Å². The van der Waals surface area contributed by atoms with Crippen LogP contribution >= 0.6 is 43.6 Å². The maximum Gasteiger partial charge on any atom is 0.294 e. The number of thioether (sulfide) groups is 1. The zero-order valence-electron chi connectivity index (χ0n) is 14.1. The summed E-state index contributed by atoms with van der Waals surface area (Å²) in [5, 5.41) is 19.4. The Labute approximate surface area is 176 Å². The van der Waals surface area contributed by atoms with E-state index in [4.69, 9.17) is 0 Å². The molecule has 0 unspecified atom stereocenters. The molecule has 2 heterocycles. The highest BCUT2D eigenvalue weighted by molar-refractivity contribution is 9.11. The lowest BCUT2D eigenvalue weighted by Crippen LogP contribution is -2.44. The van der Waals surface area contributed by atoms with Gasteiger partial charge in [0.15, 0.2) is 0 Å². The van der Waals surface area contributed by atoms with Crippen LogP contribution in [0.15, 0.2) is 19.9 Å². The van der Waals surface area contributed by atoms with Crippen molar-refractivity contribution in [1.29, 1.82) is 0 Å². The van der Waals surface area contributed by atoms with E-state index in [1.165, 1.54) is 12.1 Å². The molecule has 0 aromatic heterocycles. The van der Waals surface area contributed by atoms with Gasteiger partial charge in [-0.05, 0) is 75.0 Å². The summed E-state index contributed by atoms with van der Waals surface area (Å²) in [6.45, 7) is 1.01. The number of benzene rings is 1. The van der Waals surface area contributed by atoms with E-state index in [-0.39, 0.29) is 38.9 Å². The van der Waals surface area contributed by atoms with Crippen LogP contribution in [0.5, 0.6) is 11.5 Å². The summed E-state index contributed by atoms with van der Waals surface area (Å²) in [6, 6.07) is 1.43. The van der Waals surface area contributed by atoms with Crippen LogP contribution in [0.4, 0.5) is 4.79 Å². The molecule has 2 aliphatic heterocycles. The van der Waals surface area contributed by atoms with E-state index in [0.29, 0.717) is 29.3 Å². The van der Waals surface area contributed by atoms with Crippen LogP contribution in [0, 0.1) is 0 Å². The van der Waals surface area contributed by atoms with Gasteiger partial charge >= 0.3 is 0 Å². The van der Waals surface area contributed by atoms with Gasteiger partial charge in [-0.25, -0.2) is 0 Å². The van der Waals surface area contributed by atoms with Gasteiger partial charge < -0.3 is 15.1 Å². The van der Waals surface area contributed by atoms with Crippen molar-refractivity contribution in [3.8, 4) is 11.5 Å². The van der Waals surface area contributed by atoms with Gasteiger partial charge in [-0.2, -0.15) is 0 Å². The number of rotatable bonds is 3. The lowest BCUT2D eigenvalue weighted by molar-refractivity contribution is -0.136. The maximum atomic E-state index is 12.6. The molecule has 2 N–H and O–H groups in total. The molecule has 0 saturated carbocycles. The van der Waals surface area contributed by atoms with Gasteiger partial charge in [0.05, 0.1) is 9.38 Å². The number of phenols is 2. The molecule has 144 valence electrons. The molecule has 1 aromatic carbocycles. The van der Waals surface area contributed by atoms with Crippen LogP contribution in [0.3, 0.4) is 0 Å². The summed E-state index contributed by atoms with van der Waals surface area (Å²) in [7, 11) is 0. The largest absolute Gasteiger partial charge is 0.506 e. The molecule has 7 nitrogen and oxygen atoms in total. The molecule has 0 aliphatic carbocycles. The first-order chi connectivity index (χ1) is 12.8. The van der Waals surface area contributed by atoms with Crippen molar-refractivity contribution < 1.29 is 24.6 Å². The van der Waals surface area contributed by atoms with E-state index in [1.807, 2.05) is 0 Å². The zero-order valence-corrected chi connectivity index (χ0v) is 18.1. The first-order valence-electron chi connectivity index (χ1n) is 8.22. The van der Waals surface area contributed by atoms with Crippen molar-refractivity contribution in [2.45, 2.75) is 19.3 Å². The second-order valence-corrected chi connectivity index (χ2v) is 8.81. The fourth-order valence-electron chi connectivity index (χ4n) is 2.88. The number of phenolic OH excluding ortho intramolecular Hbond substituents is 2. The van der Waals surface area contributed by atoms with Crippen LogP contribution < -0.4 is 0 Å². The Morgan fingerprint density at radius 3 is 2.48 bits per heavy atom. The molecule has 1 aromatic rings. The number of aromatic hydroxyl groups is 2. The van der Waals surface area contributed by atoms with Gasteiger partial charge in [-0.3, -0.25) is 19.3 Å². The van der Waals surface area contributed by atoms with Gasteiger partial charge in [-0.15, -0.1) is 0 Å². The van der Waals surface area contributed by atoms with Gasteiger partial charge in [0, 0.05) is 18.7 Å². The fourth-order valence-corrected chi connectivity index (χ4v) is 4.87. The number of amides is 3. The Bertz CT molecular complexity index is 852. The van der Waals surface area contributed by atoms with Gasteiger partial charge in [-0.1, -0.05) is 0 Å². The fraction of sp³-hybridized carbons (Fsp3) is 0.353. The summed E-state index contributed by atoms with van der Waals surface area (Å²) in [4.78, 5) is 39.9. The van der Waals surface area contributed by atoms with Crippen LogP contribution in [-0.4, -0.2) is 56.7 Å². The van der Waals surface area contributed by atoms with Crippen LogP contribution in [0.2, 0.25) is 0 Å². The molecule has 0 bridgehead atoms. The summed E-state index contributed by atoms with van der Waals surface area (Å²) in [5.41, 5.74) is 0.249. The Kier molecular flexibility index (Phi) is 6.17. The van der Waals surface area contributed by atoms with Crippen molar-refractivity contribution in [2.24, 2.45) is 0 Å². The van der Waals surface area contributed by atoms with Crippen molar-refractivity contribution in [2.75, 3.05) is 19.6 Å². The predicted molar refractivity (Wildman–Crippen MR) is 108 cm³/mol. The Balaban J connectivity index is 1.80. The molecule has 3 rings (SSSR count). The van der Waals surface area contributed by atoms with E-state index in [9.17, 15) is 24.6 Å². The summed E-state index contributed by atoms with van der Waals surface area (Å²) in [6.07, 6.45) is 4.30. The highest BCUT2D eigenvalue weighted by Gasteiger charge is 2.37. The molecule has 2 fully saturated rings. The Hall–Kier alpha value is -1.52. The highest BCUT2D eigenvalue weighted by atomic mass is 79.9. The third kappa shape index (κ3) is 4.17. The lowest BCUT2D eigenvalue weighted by Gasteiger charge is -2.27. The van der Waals surface area contributed by atoms with Crippen molar-refractivity contribution in [3.63, 3.8) is 0 Å². The molecule has 2 aliphatic rings. The van der Waals surface area contributed by atoms with Gasteiger partial charge in [0.1, 0.15) is 22.5 Å². The first kappa shape index (κ1) is 20.2. The molecule has 0 spiro atoms. The summed E-state index contributed by atoms with van der Waals surface area (Å²) in [5.74, 6) is -1.25. The summed E-state index contributed by atoms with van der Waals surface area (Å²) >= 11 is 6.94. The normalized spacial score (nSPS) is 19.3. The number of piperidine rings is 1. The van der Waals surface area contributed by atoms with Crippen LogP contribution in [0.25, 0.3) is 6.08 Å². The van der Waals surface area contributed by atoms with E-state index in [1.54, 1.807) is 4.90 Å². The van der Waals surface area contributed by atoms with Crippen molar-refractivity contribution in [3.05, 3.63) is 25.5 Å². The minimum Gasteiger partial charge on any atom is -0.506 e. The average molecular weight is 520 g/mol. The van der Waals surface area contributed by atoms with E-state index < -0.39 is 11.1 Å². The van der Waals surface area contributed by atoms with Crippen LogP contribution in [-0.2, 0) is 9.59 Å². The Morgan fingerprint density at radius 2 is 1.81 bits per heavy atom. The third-order valence-corrected chi connectivity index (χ3v) is 6.62. The molecule has 0 atom stereocenters. The van der Waals surface area contributed by atoms with Crippen molar-refractivity contribution in [1.82, 2.24) is 9.80 Å². The smallest absolute Gasteiger partial charge is 0.294 e. The number of imide groups is 1. The second-order valence-electron chi connectivity index (χ2n) is 6.17. The number of hydrogen-bond donors (Lipinski definition) is 2. The summed E-state index contributed by atoms with van der Waals surface area (Å²) < 4.78 is 0.389. The minimum absolute atomic E-state index is 0.0719. The number of halogens is 2. The van der Waals surface area contributed by atoms with Crippen molar-refractivity contribution >= 4 is 66.8 Å². The van der Waals surface area contributed by atoms with E-state index in [0.717, 1.165) is 24.2 Å². The highest BCUT2D eigenvalue weighted by Crippen LogP contribution is 2.43. The zero-order chi connectivity index (χ0) is 19.7. The predicted octanol–water partition coefficient (Wildman–Crippen LogP) is 3.67. The second kappa shape index (κ2) is 8.24. The molecule has 3 amide bonds. The standard InChI is InChI=1S/C17H16Br2N2O5S/c18-10-6-9(14(23)13(19)15(10)24)7-11-16(25)21(17(26)27-11)8-12(22)20-4-2-1-3-5-20/h6-7,23-24H,1-5,8H2/b11-7-. The van der Waals surface area contributed by atoms with Gasteiger partial charge in [0.2, 0.25) is 5.91 Å². The lowest BCUT2D eigenvalue weighted by atomic mass is 10.1. The van der Waals surface area contributed by atoms with Crippen LogP contribution in [0.1, 0.15) is 24.8 Å². The molecular formula is C17H16Br2N2O5S. The molecule has 10 heteroatoms. The molecule has 27 heavy (non-hydrogen) atoms. The first-order valence-corrected chi connectivity index (χ1v) is 10.6. The third-order valence-electron chi connectivity index (χ3n) is 4.36. The number of nitrogens with zero attached hydrogens (tertiary/aromatic N) is 2. The average Bonchev–Trinajstić information content (AvgIpc) is 2.92. The number of carbonyl (C=O) groups is 3. The number of hydrogen-bond acceptors (Lipinski definition) is 6. The minimum atomic E-state index is -0.574. The molecule has 2 saturated heterocycles. The Morgan fingerprint density at radius 1 is 1.15 bits per heavy atom.